The highest BCUT2D eigenvalue weighted by molar-refractivity contribution is 5.84. The van der Waals surface area contributed by atoms with Crippen molar-refractivity contribution in [2.45, 2.75) is 47.0 Å². The van der Waals surface area contributed by atoms with E-state index in [1.165, 1.54) is 0 Å². The fraction of sp³-hybridized carbons (Fsp3) is 0.882. The summed E-state index contributed by atoms with van der Waals surface area (Å²) < 4.78 is 10.7. The van der Waals surface area contributed by atoms with Crippen molar-refractivity contribution >= 4 is 11.9 Å². The van der Waals surface area contributed by atoms with Crippen LogP contribution in [0, 0.1) is 35.5 Å². The molecule has 0 aliphatic heterocycles. The summed E-state index contributed by atoms with van der Waals surface area (Å²) in [5, 5.41) is 0. The topological polar surface area (TPSA) is 52.6 Å². The van der Waals surface area contributed by atoms with Crippen LogP contribution in [0.4, 0.5) is 0 Å². The van der Waals surface area contributed by atoms with Crippen LogP contribution in [0.3, 0.4) is 0 Å². The van der Waals surface area contributed by atoms with Crippen LogP contribution in [0.1, 0.15) is 47.0 Å². The first-order chi connectivity index (χ1) is 10.0. The molecular formula is C17H28O4. The van der Waals surface area contributed by atoms with E-state index in [-0.39, 0.29) is 35.6 Å². The smallest absolute Gasteiger partial charge is 0.310 e. The van der Waals surface area contributed by atoms with Gasteiger partial charge in [-0.25, -0.2) is 0 Å². The molecule has 2 aliphatic rings. The van der Waals surface area contributed by atoms with Gasteiger partial charge in [0.1, 0.15) is 0 Å². The summed E-state index contributed by atoms with van der Waals surface area (Å²) in [6.45, 7) is 9.23. The highest BCUT2D eigenvalue weighted by Gasteiger charge is 2.60. The zero-order chi connectivity index (χ0) is 15.6. The molecular weight excluding hydrogens is 268 g/mol. The van der Waals surface area contributed by atoms with Gasteiger partial charge in [0.15, 0.2) is 0 Å². The first kappa shape index (κ1) is 16.3. The van der Waals surface area contributed by atoms with Gasteiger partial charge in [-0.2, -0.15) is 0 Å². The first-order valence-corrected chi connectivity index (χ1v) is 8.36. The molecule has 6 unspecified atom stereocenters. The molecule has 4 heteroatoms. The van der Waals surface area contributed by atoms with Crippen LogP contribution in [-0.4, -0.2) is 25.2 Å². The van der Waals surface area contributed by atoms with Gasteiger partial charge in [-0.1, -0.05) is 27.7 Å². The Bertz CT molecular complexity index is 356. The van der Waals surface area contributed by atoms with Crippen molar-refractivity contribution in [1.82, 2.24) is 0 Å². The summed E-state index contributed by atoms with van der Waals surface area (Å²) in [4.78, 5) is 24.8. The summed E-state index contributed by atoms with van der Waals surface area (Å²) in [6, 6.07) is 0. The van der Waals surface area contributed by atoms with E-state index in [4.69, 9.17) is 9.47 Å². The number of ether oxygens (including phenoxy) is 2. The van der Waals surface area contributed by atoms with Crippen molar-refractivity contribution < 1.29 is 19.1 Å². The van der Waals surface area contributed by atoms with Crippen LogP contribution in [0.2, 0.25) is 0 Å². The molecule has 2 aliphatic carbocycles. The number of carbonyl (C=O) groups excluding carboxylic acids is 2. The SMILES string of the molecule is CCCOC(=O)C1C2CC(C(C)C2C)C1C(=O)OCCC. The molecule has 0 N–H and O–H groups in total. The highest BCUT2D eigenvalue weighted by atomic mass is 16.5. The minimum atomic E-state index is -0.294. The predicted molar refractivity (Wildman–Crippen MR) is 79.4 cm³/mol. The molecule has 0 saturated heterocycles. The van der Waals surface area contributed by atoms with Crippen molar-refractivity contribution in [2.24, 2.45) is 35.5 Å². The third-order valence-corrected chi connectivity index (χ3v) is 5.48. The Morgan fingerprint density at radius 3 is 1.57 bits per heavy atom. The molecule has 6 atom stereocenters. The fourth-order valence-electron chi connectivity index (χ4n) is 4.24. The molecule has 0 aromatic rings. The van der Waals surface area contributed by atoms with Gasteiger partial charge in [-0.3, -0.25) is 9.59 Å². The van der Waals surface area contributed by atoms with Crippen LogP contribution in [0.25, 0.3) is 0 Å². The summed E-state index contributed by atoms with van der Waals surface area (Å²) >= 11 is 0. The second-order valence-electron chi connectivity index (χ2n) is 6.67. The minimum absolute atomic E-state index is 0.193. The maximum Gasteiger partial charge on any atom is 0.310 e. The van der Waals surface area contributed by atoms with E-state index >= 15 is 0 Å². The van der Waals surface area contributed by atoms with E-state index in [9.17, 15) is 9.59 Å². The number of carbonyl (C=O) groups is 2. The standard InChI is InChI=1S/C17H28O4/c1-5-7-20-16(18)14-12-9-13(11(4)10(12)3)15(14)17(19)21-8-6-2/h10-15H,5-9H2,1-4H3. The fourth-order valence-corrected chi connectivity index (χ4v) is 4.24. The third kappa shape index (κ3) is 2.95. The first-order valence-electron chi connectivity index (χ1n) is 8.36. The highest BCUT2D eigenvalue weighted by Crippen LogP contribution is 2.58. The lowest BCUT2D eigenvalue weighted by atomic mass is 9.69. The molecule has 0 spiro atoms. The van der Waals surface area contributed by atoms with Crippen molar-refractivity contribution in [1.29, 1.82) is 0 Å². The number of rotatable bonds is 6. The lowest BCUT2D eigenvalue weighted by molar-refractivity contribution is -0.165. The maximum absolute atomic E-state index is 12.4. The average molecular weight is 296 g/mol. The Hall–Kier alpha value is -1.06. The summed E-state index contributed by atoms with van der Waals surface area (Å²) in [6.07, 6.45) is 2.58. The molecule has 0 radical (unpaired) electrons. The summed E-state index contributed by atoms with van der Waals surface area (Å²) in [7, 11) is 0. The third-order valence-electron chi connectivity index (χ3n) is 5.48. The monoisotopic (exact) mass is 296 g/mol. The minimum Gasteiger partial charge on any atom is -0.465 e. The van der Waals surface area contributed by atoms with Crippen LogP contribution >= 0.6 is 0 Å². The Kier molecular flexibility index (Phi) is 5.28. The van der Waals surface area contributed by atoms with Crippen molar-refractivity contribution in [2.75, 3.05) is 13.2 Å². The number of esters is 2. The molecule has 120 valence electrons. The van der Waals surface area contributed by atoms with Crippen molar-refractivity contribution in [3.8, 4) is 0 Å². The van der Waals surface area contributed by atoms with Gasteiger partial charge >= 0.3 is 11.9 Å². The molecule has 0 amide bonds. The van der Waals surface area contributed by atoms with Gasteiger partial charge in [0, 0.05) is 0 Å². The Morgan fingerprint density at radius 2 is 1.24 bits per heavy atom. The zero-order valence-corrected chi connectivity index (χ0v) is 13.6. The van der Waals surface area contributed by atoms with Crippen LogP contribution < -0.4 is 0 Å². The molecule has 0 heterocycles. The Morgan fingerprint density at radius 1 is 0.857 bits per heavy atom. The van der Waals surface area contributed by atoms with E-state index in [0.29, 0.717) is 25.0 Å². The van der Waals surface area contributed by atoms with Crippen molar-refractivity contribution in [3.05, 3.63) is 0 Å². The maximum atomic E-state index is 12.4. The van der Waals surface area contributed by atoms with Crippen LogP contribution in [0.15, 0.2) is 0 Å². The van der Waals surface area contributed by atoms with E-state index in [1.54, 1.807) is 0 Å². The molecule has 4 nitrogen and oxygen atoms in total. The normalized spacial score (nSPS) is 37.5. The van der Waals surface area contributed by atoms with Gasteiger partial charge in [-0.05, 0) is 42.9 Å². The number of hydrogen-bond donors (Lipinski definition) is 0. The largest absolute Gasteiger partial charge is 0.465 e. The second-order valence-corrected chi connectivity index (χ2v) is 6.67. The van der Waals surface area contributed by atoms with E-state index in [0.717, 1.165) is 19.3 Å². The molecule has 2 rings (SSSR count). The van der Waals surface area contributed by atoms with Gasteiger partial charge in [0.05, 0.1) is 25.0 Å². The van der Waals surface area contributed by atoms with Crippen LogP contribution in [-0.2, 0) is 19.1 Å². The Labute approximate surface area is 127 Å². The lowest BCUT2D eigenvalue weighted by Gasteiger charge is -2.35. The van der Waals surface area contributed by atoms with Crippen molar-refractivity contribution in [3.63, 3.8) is 0 Å². The molecule has 2 saturated carbocycles. The zero-order valence-electron chi connectivity index (χ0n) is 13.6. The van der Waals surface area contributed by atoms with E-state index < -0.39 is 0 Å². The van der Waals surface area contributed by atoms with Crippen LogP contribution in [0.5, 0.6) is 0 Å². The summed E-state index contributed by atoms with van der Waals surface area (Å²) in [5.41, 5.74) is 0. The summed E-state index contributed by atoms with van der Waals surface area (Å²) in [5.74, 6) is 0.521. The Balaban J connectivity index is 2.14. The van der Waals surface area contributed by atoms with Gasteiger partial charge in [0.25, 0.3) is 0 Å². The lowest BCUT2D eigenvalue weighted by Crippen LogP contribution is -2.42. The molecule has 2 fully saturated rings. The number of hydrogen-bond acceptors (Lipinski definition) is 4. The predicted octanol–water partition coefficient (Wildman–Crippen LogP) is 3.05. The molecule has 0 aromatic carbocycles. The number of fused-ring (bicyclic) bond motifs is 2. The van der Waals surface area contributed by atoms with E-state index in [1.807, 2.05) is 13.8 Å². The van der Waals surface area contributed by atoms with Gasteiger partial charge < -0.3 is 9.47 Å². The molecule has 2 bridgehead atoms. The van der Waals surface area contributed by atoms with Gasteiger partial charge in [0.2, 0.25) is 0 Å². The second kappa shape index (κ2) is 6.80. The van der Waals surface area contributed by atoms with E-state index in [2.05, 4.69) is 13.8 Å². The molecule has 21 heavy (non-hydrogen) atoms. The van der Waals surface area contributed by atoms with Gasteiger partial charge in [-0.15, -0.1) is 0 Å². The quantitative estimate of drug-likeness (QED) is 0.707. The average Bonchev–Trinajstić information content (AvgIpc) is 3.00. The molecule has 0 aromatic heterocycles.